The summed E-state index contributed by atoms with van der Waals surface area (Å²) in [5, 5.41) is 2.81. The van der Waals surface area contributed by atoms with Crippen LogP contribution in [0.15, 0.2) is 45.9 Å². The number of fused-ring (bicyclic) bond motifs is 1. The summed E-state index contributed by atoms with van der Waals surface area (Å²) in [4.78, 5) is 4.78. The van der Waals surface area contributed by atoms with Gasteiger partial charge in [0.1, 0.15) is 5.03 Å². The van der Waals surface area contributed by atoms with Gasteiger partial charge < -0.3 is 0 Å². The second-order valence-corrected chi connectivity index (χ2v) is 7.55. The standard InChI is InChI=1S/C18H16BrClN2S/c1-10-8-15-17(11(2)18(10)19)13(9-16(22-15)23-21-3)12-6-4-5-7-14(12)20/h4-9,21H,1-3H3. The zero-order chi connectivity index (χ0) is 16.6. The van der Waals surface area contributed by atoms with E-state index in [9.17, 15) is 0 Å². The average Bonchev–Trinajstić information content (AvgIpc) is 2.53. The zero-order valence-corrected chi connectivity index (χ0v) is 16.2. The minimum atomic E-state index is 0.747. The maximum Gasteiger partial charge on any atom is 0.112 e. The van der Waals surface area contributed by atoms with Crippen molar-refractivity contribution in [2.45, 2.75) is 18.9 Å². The van der Waals surface area contributed by atoms with Crippen molar-refractivity contribution in [3.05, 3.63) is 57.0 Å². The molecule has 0 aliphatic heterocycles. The van der Waals surface area contributed by atoms with Crippen LogP contribution >= 0.6 is 39.5 Å². The molecule has 0 spiro atoms. The zero-order valence-electron chi connectivity index (χ0n) is 13.1. The van der Waals surface area contributed by atoms with E-state index in [4.69, 9.17) is 16.6 Å². The number of aryl methyl sites for hydroxylation is 2. The first kappa shape index (κ1) is 16.8. The Morgan fingerprint density at radius 2 is 1.87 bits per heavy atom. The molecular weight excluding hydrogens is 392 g/mol. The van der Waals surface area contributed by atoms with Gasteiger partial charge in [-0.15, -0.1) is 0 Å². The van der Waals surface area contributed by atoms with Gasteiger partial charge in [-0.3, -0.25) is 4.72 Å². The number of pyridine rings is 1. The molecule has 1 aromatic heterocycles. The van der Waals surface area contributed by atoms with Gasteiger partial charge in [-0.1, -0.05) is 45.7 Å². The van der Waals surface area contributed by atoms with Crippen molar-refractivity contribution in [3.63, 3.8) is 0 Å². The van der Waals surface area contributed by atoms with Crippen molar-refractivity contribution < 1.29 is 0 Å². The van der Waals surface area contributed by atoms with Crippen molar-refractivity contribution >= 4 is 50.4 Å². The molecule has 0 aliphatic carbocycles. The monoisotopic (exact) mass is 406 g/mol. The quantitative estimate of drug-likeness (QED) is 0.526. The summed E-state index contributed by atoms with van der Waals surface area (Å²) in [5.41, 5.74) is 5.48. The summed E-state index contributed by atoms with van der Waals surface area (Å²) in [7, 11) is 1.89. The molecule has 0 saturated carbocycles. The average molecular weight is 408 g/mol. The Kier molecular flexibility index (Phi) is 4.97. The molecule has 1 heterocycles. The molecule has 0 saturated heterocycles. The highest BCUT2D eigenvalue weighted by atomic mass is 79.9. The van der Waals surface area contributed by atoms with Crippen molar-refractivity contribution in [2.24, 2.45) is 0 Å². The fourth-order valence-electron chi connectivity index (χ4n) is 2.76. The summed E-state index contributed by atoms with van der Waals surface area (Å²) in [6.07, 6.45) is 0. The second-order valence-electron chi connectivity index (χ2n) is 5.32. The molecule has 5 heteroatoms. The number of benzene rings is 2. The van der Waals surface area contributed by atoms with E-state index >= 15 is 0 Å². The van der Waals surface area contributed by atoms with Crippen LogP contribution in [0.2, 0.25) is 5.02 Å². The fraction of sp³-hybridized carbons (Fsp3) is 0.167. The number of aromatic nitrogens is 1. The summed E-state index contributed by atoms with van der Waals surface area (Å²) >= 11 is 11.7. The number of hydrogen-bond donors (Lipinski definition) is 1. The lowest BCUT2D eigenvalue weighted by Gasteiger charge is -2.15. The summed E-state index contributed by atoms with van der Waals surface area (Å²) in [6, 6.07) is 12.2. The molecule has 0 unspecified atom stereocenters. The molecule has 0 atom stereocenters. The summed E-state index contributed by atoms with van der Waals surface area (Å²) in [5.74, 6) is 0. The van der Waals surface area contributed by atoms with E-state index in [0.29, 0.717) is 0 Å². The lowest BCUT2D eigenvalue weighted by molar-refractivity contribution is 1.16. The van der Waals surface area contributed by atoms with E-state index in [1.54, 1.807) is 0 Å². The fourth-order valence-corrected chi connectivity index (χ4v) is 3.84. The molecular formula is C18H16BrClN2S. The van der Waals surface area contributed by atoms with Crippen LogP contribution in [0, 0.1) is 13.8 Å². The van der Waals surface area contributed by atoms with Crippen LogP contribution in [0.25, 0.3) is 22.0 Å². The molecule has 118 valence electrons. The number of hydrogen-bond acceptors (Lipinski definition) is 3. The van der Waals surface area contributed by atoms with Gasteiger partial charge in [-0.05, 0) is 67.7 Å². The molecule has 3 rings (SSSR count). The van der Waals surface area contributed by atoms with Crippen molar-refractivity contribution in [2.75, 3.05) is 7.05 Å². The Bertz CT molecular complexity index is 896. The second kappa shape index (κ2) is 6.81. The van der Waals surface area contributed by atoms with Gasteiger partial charge in [-0.25, -0.2) is 4.98 Å². The Morgan fingerprint density at radius 1 is 1.13 bits per heavy atom. The first-order valence-corrected chi connectivity index (χ1v) is 9.20. The van der Waals surface area contributed by atoms with E-state index in [1.807, 2.05) is 25.2 Å². The minimum absolute atomic E-state index is 0.747. The van der Waals surface area contributed by atoms with E-state index in [2.05, 4.69) is 52.7 Å². The molecule has 0 amide bonds. The van der Waals surface area contributed by atoms with Crippen LogP contribution < -0.4 is 4.72 Å². The number of nitrogens with one attached hydrogen (secondary N) is 1. The van der Waals surface area contributed by atoms with Crippen molar-refractivity contribution in [1.29, 1.82) is 0 Å². The van der Waals surface area contributed by atoms with E-state index in [0.717, 1.165) is 36.6 Å². The lowest BCUT2D eigenvalue weighted by atomic mass is 9.96. The number of rotatable bonds is 3. The Morgan fingerprint density at radius 3 is 2.57 bits per heavy atom. The third kappa shape index (κ3) is 3.13. The molecule has 0 bridgehead atoms. The van der Waals surface area contributed by atoms with E-state index in [-0.39, 0.29) is 0 Å². The molecule has 3 aromatic rings. The Balaban J connectivity index is 2.43. The van der Waals surface area contributed by atoms with Crippen LogP contribution in [0.1, 0.15) is 11.1 Å². The summed E-state index contributed by atoms with van der Waals surface area (Å²) < 4.78 is 4.21. The van der Waals surface area contributed by atoms with Gasteiger partial charge in [0.05, 0.1) is 5.52 Å². The molecule has 0 fully saturated rings. The minimum Gasteiger partial charge on any atom is -0.262 e. The highest BCUT2D eigenvalue weighted by Gasteiger charge is 2.15. The smallest absolute Gasteiger partial charge is 0.112 e. The Hall–Kier alpha value is -1.07. The van der Waals surface area contributed by atoms with Crippen LogP contribution in [-0.2, 0) is 0 Å². The van der Waals surface area contributed by atoms with Gasteiger partial charge in [0.25, 0.3) is 0 Å². The number of halogens is 2. The number of nitrogens with zero attached hydrogens (tertiary/aromatic N) is 1. The molecule has 23 heavy (non-hydrogen) atoms. The van der Waals surface area contributed by atoms with E-state index < -0.39 is 0 Å². The Labute approximate surface area is 153 Å². The molecule has 1 N–H and O–H groups in total. The van der Waals surface area contributed by atoms with Crippen LogP contribution in [0.5, 0.6) is 0 Å². The van der Waals surface area contributed by atoms with Gasteiger partial charge >= 0.3 is 0 Å². The SMILES string of the molecule is CNSc1cc(-c2ccccc2Cl)c2c(C)c(Br)c(C)cc2n1. The maximum absolute atomic E-state index is 6.46. The first-order valence-electron chi connectivity index (χ1n) is 7.22. The summed E-state index contributed by atoms with van der Waals surface area (Å²) in [6.45, 7) is 4.21. The van der Waals surface area contributed by atoms with Crippen LogP contribution in [-0.4, -0.2) is 12.0 Å². The third-order valence-electron chi connectivity index (χ3n) is 3.80. The van der Waals surface area contributed by atoms with Gasteiger partial charge in [0.15, 0.2) is 0 Å². The van der Waals surface area contributed by atoms with Gasteiger partial charge in [0.2, 0.25) is 0 Å². The van der Waals surface area contributed by atoms with Crippen molar-refractivity contribution in [3.8, 4) is 11.1 Å². The topological polar surface area (TPSA) is 24.9 Å². The van der Waals surface area contributed by atoms with Gasteiger partial charge in [0, 0.05) is 20.4 Å². The molecule has 2 aromatic carbocycles. The molecule has 0 radical (unpaired) electrons. The maximum atomic E-state index is 6.46. The highest BCUT2D eigenvalue weighted by Crippen LogP contribution is 2.39. The normalized spacial score (nSPS) is 11.2. The van der Waals surface area contributed by atoms with Gasteiger partial charge in [-0.2, -0.15) is 0 Å². The molecule has 0 aliphatic rings. The lowest BCUT2D eigenvalue weighted by Crippen LogP contribution is -1.97. The van der Waals surface area contributed by atoms with Crippen LogP contribution in [0.3, 0.4) is 0 Å². The van der Waals surface area contributed by atoms with Crippen LogP contribution in [0.4, 0.5) is 0 Å². The largest absolute Gasteiger partial charge is 0.262 e. The third-order valence-corrected chi connectivity index (χ3v) is 5.97. The highest BCUT2D eigenvalue weighted by molar-refractivity contribution is 9.10. The van der Waals surface area contributed by atoms with E-state index in [1.165, 1.54) is 23.1 Å². The first-order chi connectivity index (χ1) is 11.0. The van der Waals surface area contributed by atoms with Crippen molar-refractivity contribution in [1.82, 2.24) is 9.71 Å². The molecule has 2 nitrogen and oxygen atoms in total. The predicted molar refractivity (Wildman–Crippen MR) is 104 cm³/mol. The predicted octanol–water partition coefficient (Wildman–Crippen LogP) is 6.16.